The number of halogens is 3. The lowest BCUT2D eigenvalue weighted by Crippen LogP contribution is -2.24. The summed E-state index contributed by atoms with van der Waals surface area (Å²) in [6, 6.07) is 6.34. The van der Waals surface area contributed by atoms with Gasteiger partial charge in [-0.3, -0.25) is 4.79 Å². The molecule has 1 atom stereocenters. The number of nitrogens with one attached hydrogen (secondary N) is 1. The molecule has 1 aliphatic rings. The standard InChI is InChI=1S/C26H28ClF2N3O5/c1-13(2)26(28,29)20-12-19(31-36-20)25-23(15-5-6-15)24(32-37-25)16(7-9-22(34)35)11-21(33)30-18-8-4-14(3)10-17(18)27/h4,8,10,12-13,15-16H,5-7,9,11H2,1-3H3,(H,30,33)(H,34,35)/p-1/t16-/m0/s1. The molecule has 0 radical (unpaired) electrons. The maximum Gasteiger partial charge on any atom is 0.309 e. The van der Waals surface area contributed by atoms with Crippen molar-refractivity contribution in [2.75, 3.05) is 5.32 Å². The van der Waals surface area contributed by atoms with E-state index in [0.717, 1.165) is 24.5 Å². The van der Waals surface area contributed by atoms with Crippen molar-refractivity contribution in [3.8, 4) is 11.5 Å². The number of carbonyl (C=O) groups excluding carboxylic acids is 2. The molecule has 1 saturated carbocycles. The van der Waals surface area contributed by atoms with E-state index >= 15 is 0 Å². The van der Waals surface area contributed by atoms with Crippen LogP contribution in [0.2, 0.25) is 5.02 Å². The third kappa shape index (κ3) is 6.01. The van der Waals surface area contributed by atoms with Crippen LogP contribution in [0.15, 0.2) is 33.3 Å². The van der Waals surface area contributed by atoms with Crippen LogP contribution >= 0.6 is 11.6 Å². The zero-order valence-corrected chi connectivity index (χ0v) is 21.4. The first-order valence-corrected chi connectivity index (χ1v) is 12.5. The number of rotatable bonds is 11. The predicted octanol–water partition coefficient (Wildman–Crippen LogP) is 5.56. The summed E-state index contributed by atoms with van der Waals surface area (Å²) in [6.45, 7) is 4.62. The first-order chi connectivity index (χ1) is 17.5. The van der Waals surface area contributed by atoms with Crippen molar-refractivity contribution in [2.45, 2.75) is 70.6 Å². The van der Waals surface area contributed by atoms with Gasteiger partial charge in [-0.05, 0) is 56.2 Å². The highest BCUT2D eigenvalue weighted by Crippen LogP contribution is 2.49. The molecule has 0 unspecified atom stereocenters. The van der Waals surface area contributed by atoms with Crippen LogP contribution in [-0.4, -0.2) is 22.2 Å². The Labute approximate surface area is 217 Å². The zero-order valence-electron chi connectivity index (χ0n) is 20.6. The highest BCUT2D eigenvalue weighted by Gasteiger charge is 2.42. The lowest BCUT2D eigenvalue weighted by molar-refractivity contribution is -0.305. The van der Waals surface area contributed by atoms with Crippen molar-refractivity contribution in [3.63, 3.8) is 0 Å². The van der Waals surface area contributed by atoms with Crippen LogP contribution in [0.1, 0.15) is 80.4 Å². The Hall–Kier alpha value is -3.27. The van der Waals surface area contributed by atoms with Gasteiger partial charge in [0.15, 0.2) is 11.5 Å². The third-order valence-corrected chi connectivity index (χ3v) is 6.76. The van der Waals surface area contributed by atoms with E-state index in [1.165, 1.54) is 13.8 Å². The maximum absolute atomic E-state index is 14.5. The molecule has 37 heavy (non-hydrogen) atoms. The van der Waals surface area contributed by atoms with Gasteiger partial charge in [-0.1, -0.05) is 41.8 Å². The lowest BCUT2D eigenvalue weighted by atomic mass is 9.90. The number of nitrogens with zero attached hydrogens (tertiary/aromatic N) is 2. The largest absolute Gasteiger partial charge is 0.550 e. The normalized spacial score (nSPS) is 14.7. The molecule has 1 amide bonds. The summed E-state index contributed by atoms with van der Waals surface area (Å²) in [5.74, 6) is -6.87. The van der Waals surface area contributed by atoms with Crippen LogP contribution in [0.25, 0.3) is 11.5 Å². The van der Waals surface area contributed by atoms with Crippen molar-refractivity contribution >= 4 is 29.2 Å². The topological polar surface area (TPSA) is 121 Å². The molecule has 8 nitrogen and oxygen atoms in total. The van der Waals surface area contributed by atoms with Gasteiger partial charge in [0.1, 0.15) is 0 Å². The molecule has 11 heteroatoms. The Morgan fingerprint density at radius 1 is 1.22 bits per heavy atom. The minimum atomic E-state index is -3.22. The molecule has 2 heterocycles. The van der Waals surface area contributed by atoms with Crippen molar-refractivity contribution < 1.29 is 32.5 Å². The van der Waals surface area contributed by atoms with Crippen LogP contribution in [-0.2, 0) is 15.5 Å². The molecule has 0 spiro atoms. The van der Waals surface area contributed by atoms with Gasteiger partial charge in [0, 0.05) is 35.9 Å². The Bertz CT molecular complexity index is 1300. The summed E-state index contributed by atoms with van der Waals surface area (Å²) in [4.78, 5) is 24.2. The number of hydrogen-bond donors (Lipinski definition) is 1. The number of alkyl halides is 2. The lowest BCUT2D eigenvalue weighted by Gasteiger charge is -2.17. The van der Waals surface area contributed by atoms with E-state index < -0.39 is 29.5 Å². The quantitative estimate of drug-likeness (QED) is 0.342. The van der Waals surface area contributed by atoms with Gasteiger partial charge in [0.25, 0.3) is 0 Å². The summed E-state index contributed by atoms with van der Waals surface area (Å²) >= 11 is 6.23. The van der Waals surface area contributed by atoms with E-state index in [1.54, 1.807) is 18.2 Å². The number of aromatic nitrogens is 2. The number of benzene rings is 1. The smallest absolute Gasteiger partial charge is 0.309 e. The highest BCUT2D eigenvalue weighted by atomic mass is 35.5. The van der Waals surface area contributed by atoms with Gasteiger partial charge in [0.05, 0.1) is 16.4 Å². The van der Waals surface area contributed by atoms with E-state index in [0.29, 0.717) is 22.0 Å². The summed E-state index contributed by atoms with van der Waals surface area (Å²) in [7, 11) is 0. The number of amides is 1. The molecule has 0 aliphatic heterocycles. The van der Waals surface area contributed by atoms with Gasteiger partial charge in [-0.25, -0.2) is 0 Å². The number of aliphatic carboxylic acids is 1. The van der Waals surface area contributed by atoms with Crippen LogP contribution < -0.4 is 10.4 Å². The number of aryl methyl sites for hydroxylation is 1. The molecule has 198 valence electrons. The highest BCUT2D eigenvalue weighted by molar-refractivity contribution is 6.33. The molecule has 2 aromatic heterocycles. The van der Waals surface area contributed by atoms with Gasteiger partial charge >= 0.3 is 5.92 Å². The minimum Gasteiger partial charge on any atom is -0.550 e. The van der Waals surface area contributed by atoms with E-state index in [4.69, 9.17) is 20.6 Å². The third-order valence-electron chi connectivity index (χ3n) is 6.45. The van der Waals surface area contributed by atoms with Crippen molar-refractivity contribution in [1.29, 1.82) is 0 Å². The zero-order chi connectivity index (χ0) is 26.9. The minimum absolute atomic E-state index is 0.0297. The van der Waals surface area contributed by atoms with Gasteiger partial charge < -0.3 is 24.3 Å². The Kier molecular flexibility index (Phi) is 7.68. The van der Waals surface area contributed by atoms with Crippen molar-refractivity contribution in [1.82, 2.24) is 10.3 Å². The second-order valence-electron chi connectivity index (χ2n) is 9.78. The van der Waals surface area contributed by atoms with E-state index in [-0.39, 0.29) is 42.5 Å². The second-order valence-corrected chi connectivity index (χ2v) is 10.2. The van der Waals surface area contributed by atoms with E-state index in [1.807, 2.05) is 6.92 Å². The summed E-state index contributed by atoms with van der Waals surface area (Å²) < 4.78 is 39.4. The van der Waals surface area contributed by atoms with Crippen LogP contribution in [0, 0.1) is 12.8 Å². The fraction of sp³-hybridized carbons (Fsp3) is 0.462. The van der Waals surface area contributed by atoms with Gasteiger partial charge in [-0.2, -0.15) is 8.78 Å². The molecule has 3 aromatic rings. The Balaban J connectivity index is 1.63. The molecule has 1 aliphatic carbocycles. The van der Waals surface area contributed by atoms with Crippen LogP contribution in [0.4, 0.5) is 14.5 Å². The Morgan fingerprint density at radius 3 is 2.57 bits per heavy atom. The molecule has 0 saturated heterocycles. The molecular formula is C26H27ClF2N3O5-. The van der Waals surface area contributed by atoms with Crippen LogP contribution in [0.5, 0.6) is 0 Å². The van der Waals surface area contributed by atoms with Gasteiger partial charge in [0.2, 0.25) is 11.7 Å². The summed E-state index contributed by atoms with van der Waals surface area (Å²) in [5, 5.41) is 22.3. The SMILES string of the molecule is Cc1ccc(NC(=O)C[C@H](CCC(=O)[O-])c2noc(-c3cc(C(F)(F)C(C)C)on3)c2C2CC2)c(Cl)c1. The molecule has 1 N–H and O–H groups in total. The second kappa shape index (κ2) is 10.6. The maximum atomic E-state index is 14.5. The van der Waals surface area contributed by atoms with Crippen LogP contribution in [0.3, 0.4) is 0 Å². The predicted molar refractivity (Wildman–Crippen MR) is 129 cm³/mol. The monoisotopic (exact) mass is 534 g/mol. The number of carboxylic acid groups (broad SMARTS) is 1. The fourth-order valence-electron chi connectivity index (χ4n) is 4.15. The summed E-state index contributed by atoms with van der Waals surface area (Å²) in [6.07, 6.45) is 1.29. The number of carboxylic acids is 1. The Morgan fingerprint density at radius 2 is 1.95 bits per heavy atom. The molecule has 1 aromatic carbocycles. The number of hydrogen-bond acceptors (Lipinski definition) is 7. The van der Waals surface area contributed by atoms with Crippen molar-refractivity contribution in [3.05, 3.63) is 51.9 Å². The molecule has 0 bridgehead atoms. The number of carbonyl (C=O) groups is 2. The van der Waals surface area contributed by atoms with Crippen molar-refractivity contribution in [2.24, 2.45) is 5.92 Å². The summed E-state index contributed by atoms with van der Waals surface area (Å²) in [5.41, 5.74) is 2.48. The molecule has 1 fully saturated rings. The molecular weight excluding hydrogens is 508 g/mol. The fourth-order valence-corrected chi connectivity index (χ4v) is 4.44. The average molecular weight is 535 g/mol. The average Bonchev–Trinajstić information content (AvgIpc) is 3.36. The van der Waals surface area contributed by atoms with Gasteiger partial charge in [-0.15, -0.1) is 0 Å². The number of anilines is 1. The first-order valence-electron chi connectivity index (χ1n) is 12.1. The first kappa shape index (κ1) is 26.8. The molecule has 4 rings (SSSR count). The van der Waals surface area contributed by atoms with E-state index in [9.17, 15) is 23.5 Å². The van der Waals surface area contributed by atoms with E-state index in [2.05, 4.69) is 15.6 Å².